The third kappa shape index (κ3) is 16.0. The fraction of sp³-hybridized carbons (Fsp3) is 0.232. The number of ether oxygens (including phenoxy) is 2. The molecular formula is C82H82N22O2S2. The summed E-state index contributed by atoms with van der Waals surface area (Å²) in [5, 5.41) is 27.6. The molecule has 3 fully saturated rings. The van der Waals surface area contributed by atoms with Crippen molar-refractivity contribution in [1.29, 1.82) is 0 Å². The van der Waals surface area contributed by atoms with Crippen molar-refractivity contribution in [2.24, 2.45) is 4.99 Å². The first-order valence-electron chi connectivity index (χ1n) is 36.4. The Labute approximate surface area is 632 Å². The number of rotatable bonds is 16. The van der Waals surface area contributed by atoms with Gasteiger partial charge in [0.25, 0.3) is 0 Å². The van der Waals surface area contributed by atoms with Gasteiger partial charge in [-0.2, -0.15) is 15.3 Å². The van der Waals surface area contributed by atoms with E-state index in [1.807, 2.05) is 179 Å². The first-order chi connectivity index (χ1) is 53.0. The van der Waals surface area contributed by atoms with E-state index >= 15 is 0 Å². The molecule has 544 valence electrons. The second kappa shape index (κ2) is 33.0. The van der Waals surface area contributed by atoms with Crippen molar-refractivity contribution in [3.63, 3.8) is 0 Å². The van der Waals surface area contributed by atoms with Crippen LogP contribution in [0.2, 0.25) is 0 Å². The van der Waals surface area contributed by atoms with E-state index in [0.717, 1.165) is 143 Å². The number of hydrogen-bond acceptors (Lipinski definition) is 22. The molecule has 3 saturated carbocycles. The number of hydrogen-bond donors (Lipinski definition) is 5. The fourth-order valence-corrected chi connectivity index (χ4v) is 16.0. The van der Waals surface area contributed by atoms with Crippen molar-refractivity contribution < 1.29 is 9.47 Å². The molecular weight excluding hydrogens is 1390 g/mol. The average molecular weight is 1470 g/mol. The van der Waals surface area contributed by atoms with Gasteiger partial charge in [-0.25, -0.2) is 58.6 Å². The summed E-state index contributed by atoms with van der Waals surface area (Å²) in [5.41, 5.74) is 34.7. The molecule has 7 aromatic carbocycles. The highest BCUT2D eigenvalue weighted by Crippen LogP contribution is 2.44. The van der Waals surface area contributed by atoms with Crippen LogP contribution in [0.3, 0.4) is 0 Å². The number of aliphatic imine (C=N–C) groups is 1. The van der Waals surface area contributed by atoms with Crippen molar-refractivity contribution in [2.45, 2.75) is 135 Å². The molecule has 9 N–H and O–H groups in total. The lowest BCUT2D eigenvalue weighted by molar-refractivity contribution is 0.332. The molecule has 0 spiro atoms. The summed E-state index contributed by atoms with van der Waals surface area (Å²) in [6.07, 6.45) is 21.4. The van der Waals surface area contributed by atoms with Gasteiger partial charge in [0.1, 0.15) is 92.7 Å². The van der Waals surface area contributed by atoms with Crippen LogP contribution >= 0.6 is 23.5 Å². The van der Waals surface area contributed by atoms with Crippen molar-refractivity contribution in [3.8, 4) is 28.7 Å². The van der Waals surface area contributed by atoms with Gasteiger partial charge in [0.2, 0.25) is 0 Å². The summed E-state index contributed by atoms with van der Waals surface area (Å²) in [5.74, 6) is 5.60. The van der Waals surface area contributed by atoms with E-state index in [1.165, 1.54) is 93.1 Å². The molecule has 24 nitrogen and oxygen atoms in total. The van der Waals surface area contributed by atoms with E-state index in [0.29, 0.717) is 58.2 Å². The maximum atomic E-state index is 6.24. The van der Waals surface area contributed by atoms with E-state index in [2.05, 4.69) is 92.0 Å². The highest BCUT2D eigenvalue weighted by molar-refractivity contribution is 7.99. The molecule has 18 rings (SSSR count). The van der Waals surface area contributed by atoms with Gasteiger partial charge in [-0.3, -0.25) is 4.99 Å². The molecule has 3 aliphatic rings. The minimum atomic E-state index is 0.372. The number of nitrogen functional groups attached to an aromatic ring is 4. The maximum Gasteiger partial charge on any atom is 0.170 e. The molecule has 0 radical (unpaired) electrons. The molecule has 0 unspecified atom stereocenters. The van der Waals surface area contributed by atoms with E-state index in [-0.39, 0.29) is 0 Å². The molecule has 0 atom stereocenters. The molecule has 15 aromatic rings. The predicted octanol–water partition coefficient (Wildman–Crippen LogP) is 18.1. The number of aryl methyl sites for hydroxylation is 2. The van der Waals surface area contributed by atoms with Gasteiger partial charge in [0.15, 0.2) is 28.4 Å². The number of anilines is 6. The minimum absolute atomic E-state index is 0.372. The van der Waals surface area contributed by atoms with Crippen LogP contribution in [0.25, 0.3) is 49.8 Å². The Morgan fingerprint density at radius 1 is 0.426 bits per heavy atom. The van der Waals surface area contributed by atoms with Crippen LogP contribution < -0.4 is 37.7 Å². The van der Waals surface area contributed by atoms with Crippen LogP contribution in [-0.4, -0.2) is 91.8 Å². The van der Waals surface area contributed by atoms with Gasteiger partial charge < -0.3 is 37.7 Å². The number of fused-ring (bicyclic) bond motifs is 4. The van der Waals surface area contributed by atoms with Crippen LogP contribution in [0.5, 0.6) is 23.0 Å². The van der Waals surface area contributed by atoms with Gasteiger partial charge in [-0.05, 0) is 137 Å². The highest BCUT2D eigenvalue weighted by Gasteiger charge is 2.29. The number of nitrogens with two attached hydrogens (primary N) is 4. The number of nitrogens with one attached hydrogen (secondary N) is 1. The third-order valence-corrected chi connectivity index (χ3v) is 21.3. The third-order valence-electron chi connectivity index (χ3n) is 19.3. The van der Waals surface area contributed by atoms with Gasteiger partial charge in [0.05, 0.1) is 50.6 Å². The fourth-order valence-electron chi connectivity index (χ4n) is 14.0. The molecule has 0 amide bonds. The van der Waals surface area contributed by atoms with Crippen molar-refractivity contribution in [3.05, 3.63) is 236 Å². The summed E-state index contributed by atoms with van der Waals surface area (Å²) >= 11 is 3.11. The first kappa shape index (κ1) is 71.3. The minimum Gasteiger partial charge on any atom is -0.457 e. The van der Waals surface area contributed by atoms with Crippen molar-refractivity contribution in [2.75, 3.05) is 35.3 Å². The van der Waals surface area contributed by atoms with Crippen LogP contribution in [0.15, 0.2) is 238 Å². The van der Waals surface area contributed by atoms with Gasteiger partial charge in [-0.1, -0.05) is 183 Å². The molecule has 26 heteroatoms. The standard InChI is InChI=1S/C23H23N5OS.C22H21N5OS.C19H22N6.C18H16N6/c24-21-20-22(26-15-25-21)28(16-8-3-1-4-9-16)27-23(20)30-19-13-7-12-18(14-19)29-17-10-5-2-6-11-17;23-20-19-21(25-14-24-20)27(15-8-4-5-9-15)26-22(19)29-18-13-7-6-12-17(18)28-16-10-2-1-3-11-16;1-12-6-5-7-13(10-12)16(21-2)17-15-18(20)22-11-23-19(15)25(24-17)14-8-3-4-9-14;1-12-7-9-13(10-8-12)22-17-15-16(19)20-11-21-18(15)24(23-17)14-5-3-2-4-6-14/h2,5-7,10-16H,1,3-4,8-9H2,(H2,24,25,26);1-3,6-7,10-15H,4-5,8-9H2,(H2,23,24,25);5-7,10-11,14H,3-4,8-9H2,1-2H3,(H2,20,22,23);2-11H,1H3,(H,22,23)(H2,19,20,21). The van der Waals surface area contributed by atoms with E-state index in [9.17, 15) is 0 Å². The second-order valence-corrected chi connectivity index (χ2v) is 28.9. The quantitative estimate of drug-likeness (QED) is 0.0561. The number of para-hydroxylation sites is 4. The van der Waals surface area contributed by atoms with Crippen molar-refractivity contribution in [1.82, 2.24) is 79.0 Å². The van der Waals surface area contributed by atoms with E-state index in [1.54, 1.807) is 23.5 Å². The zero-order valence-corrected chi connectivity index (χ0v) is 61.8. The van der Waals surface area contributed by atoms with Gasteiger partial charge in [0, 0.05) is 23.2 Å². The van der Waals surface area contributed by atoms with E-state index in [4.69, 9.17) is 47.7 Å². The van der Waals surface area contributed by atoms with Crippen LogP contribution in [-0.2, 0) is 0 Å². The molecule has 0 bridgehead atoms. The summed E-state index contributed by atoms with van der Waals surface area (Å²) in [6.45, 7) is 4.12. The molecule has 8 aromatic heterocycles. The zero-order chi connectivity index (χ0) is 73.9. The number of benzene rings is 7. The Morgan fingerprint density at radius 2 is 0.907 bits per heavy atom. The van der Waals surface area contributed by atoms with Crippen molar-refractivity contribution >= 4 is 108 Å². The summed E-state index contributed by atoms with van der Waals surface area (Å²) in [4.78, 5) is 41.1. The Hall–Kier alpha value is -12.3. The van der Waals surface area contributed by atoms with Crippen LogP contribution in [0, 0.1) is 13.8 Å². The van der Waals surface area contributed by atoms with E-state index < -0.39 is 0 Å². The molecule has 0 aliphatic heterocycles. The summed E-state index contributed by atoms with van der Waals surface area (Å²) < 4.78 is 20.0. The normalized spacial score (nSPS) is 14.1. The average Bonchev–Trinajstić information content (AvgIpc) is 1.63. The Kier molecular flexibility index (Phi) is 21.8. The molecule has 8 heterocycles. The van der Waals surface area contributed by atoms with Gasteiger partial charge in [-0.15, -0.1) is 5.10 Å². The Balaban J connectivity index is 0.000000115. The predicted molar refractivity (Wildman–Crippen MR) is 429 cm³/mol. The maximum absolute atomic E-state index is 6.24. The van der Waals surface area contributed by atoms with Crippen LogP contribution in [0.4, 0.5) is 34.8 Å². The Morgan fingerprint density at radius 3 is 1.49 bits per heavy atom. The zero-order valence-electron chi connectivity index (χ0n) is 60.2. The SMILES string of the molecule is CN=C(c1cccc(C)c1)c1nn(C2CCCC2)c2ncnc(N)c12.Cc1ccc(Nc2nn(-c3ccccc3)c3ncnc(N)c23)cc1.Nc1ncnc2c1c(Sc1cccc(Oc3ccccc3)c1)nn2C1CCCCC1.Nc1ncnc2c1c(Sc1ccccc1Oc1ccccc1)nn2C1CCCC1. The largest absolute Gasteiger partial charge is 0.457 e. The summed E-state index contributed by atoms with van der Waals surface area (Å²) in [7, 11) is 1.79. The molecule has 108 heavy (non-hydrogen) atoms. The number of aromatic nitrogens is 16. The van der Waals surface area contributed by atoms with Crippen LogP contribution in [0.1, 0.15) is 124 Å². The smallest absolute Gasteiger partial charge is 0.170 e. The molecule has 0 saturated heterocycles. The lowest BCUT2D eigenvalue weighted by Crippen LogP contribution is -2.14. The lowest BCUT2D eigenvalue weighted by Gasteiger charge is -2.22. The molecule has 3 aliphatic carbocycles. The highest BCUT2D eigenvalue weighted by atomic mass is 32.2. The Bertz CT molecular complexity index is 5620. The summed E-state index contributed by atoms with van der Waals surface area (Å²) in [6, 6.07) is 62.8. The monoisotopic (exact) mass is 1470 g/mol. The topological polar surface area (TPSA) is 321 Å². The van der Waals surface area contributed by atoms with Gasteiger partial charge >= 0.3 is 0 Å². The number of nitrogens with zero attached hydrogens (tertiary/aromatic N) is 17. The second-order valence-electron chi connectivity index (χ2n) is 26.8. The first-order valence-corrected chi connectivity index (χ1v) is 38.0. The lowest BCUT2D eigenvalue weighted by atomic mass is 9.96.